The Hall–Kier alpha value is -0.580. The lowest BCUT2D eigenvalue weighted by Gasteiger charge is -1.98. The number of rotatable bonds is 5. The maximum Gasteiger partial charge on any atom is 0.245 e. The quantitative estimate of drug-likeness (QED) is 0.378. The lowest BCUT2D eigenvalue weighted by molar-refractivity contribution is -0.671. The van der Waals surface area contributed by atoms with Crippen LogP contribution in [0.25, 0.3) is 0 Å². The van der Waals surface area contributed by atoms with Crippen LogP contribution in [0.3, 0.4) is 0 Å². The van der Waals surface area contributed by atoms with Crippen molar-refractivity contribution in [1.29, 1.82) is 0 Å². The summed E-state index contributed by atoms with van der Waals surface area (Å²) < 4.78 is 14.1. The van der Waals surface area contributed by atoms with Crippen LogP contribution < -0.4 is 17.0 Å². The zero-order valence-electron chi connectivity index (χ0n) is 7.94. The monoisotopic (exact) mass is 206 g/mol. The molecule has 0 fully saturated rings. The molecule has 4 nitrogen and oxygen atoms in total. The van der Waals surface area contributed by atoms with Crippen LogP contribution in [0.5, 0.6) is 0 Å². The SMILES string of the molecule is COCCOCn1cc[n+](C)c1.[Cl-]. The van der Waals surface area contributed by atoms with Crippen LogP contribution in [0.4, 0.5) is 0 Å². The molecule has 1 heterocycles. The summed E-state index contributed by atoms with van der Waals surface area (Å²) in [5.41, 5.74) is 0. The molecular formula is C8H15ClN2O2. The molecule has 5 heteroatoms. The summed E-state index contributed by atoms with van der Waals surface area (Å²) >= 11 is 0. The number of nitrogens with zero attached hydrogens (tertiary/aromatic N) is 2. The first-order valence-corrected chi connectivity index (χ1v) is 3.90. The highest BCUT2D eigenvalue weighted by Gasteiger charge is 1.97. The topological polar surface area (TPSA) is 27.3 Å². The molecule has 0 atom stereocenters. The smallest absolute Gasteiger partial charge is 0.245 e. The highest BCUT2D eigenvalue weighted by atomic mass is 35.5. The summed E-state index contributed by atoms with van der Waals surface area (Å²) in [5, 5.41) is 0. The molecule has 0 radical (unpaired) electrons. The second kappa shape index (κ2) is 6.88. The zero-order valence-corrected chi connectivity index (χ0v) is 8.70. The number of hydrogen-bond acceptors (Lipinski definition) is 2. The van der Waals surface area contributed by atoms with Crippen LogP contribution in [-0.2, 0) is 23.3 Å². The lowest BCUT2D eigenvalue weighted by atomic mass is 10.8. The van der Waals surface area contributed by atoms with E-state index in [0.29, 0.717) is 19.9 Å². The molecule has 0 N–H and O–H groups in total. The minimum Gasteiger partial charge on any atom is -1.00 e. The average molecular weight is 207 g/mol. The molecule has 0 aliphatic carbocycles. The fourth-order valence-corrected chi connectivity index (χ4v) is 0.890. The van der Waals surface area contributed by atoms with Gasteiger partial charge >= 0.3 is 0 Å². The maximum atomic E-state index is 5.30. The summed E-state index contributed by atoms with van der Waals surface area (Å²) in [6, 6.07) is 0. The molecule has 1 aromatic heterocycles. The van der Waals surface area contributed by atoms with E-state index < -0.39 is 0 Å². The summed E-state index contributed by atoms with van der Waals surface area (Å²) in [6.45, 7) is 1.87. The Kier molecular flexibility index (Phi) is 6.58. The molecule has 0 bridgehead atoms. The molecule has 0 aliphatic heterocycles. The van der Waals surface area contributed by atoms with Crippen molar-refractivity contribution in [3.63, 3.8) is 0 Å². The normalized spacial score (nSPS) is 9.69. The van der Waals surface area contributed by atoms with Crippen molar-refractivity contribution in [3.8, 4) is 0 Å². The van der Waals surface area contributed by atoms with Crippen LogP contribution in [0, 0.1) is 0 Å². The average Bonchev–Trinajstić information content (AvgIpc) is 2.45. The first-order valence-electron chi connectivity index (χ1n) is 3.90. The van der Waals surface area contributed by atoms with Crippen molar-refractivity contribution in [2.45, 2.75) is 6.73 Å². The minimum absolute atomic E-state index is 0. The van der Waals surface area contributed by atoms with Gasteiger partial charge in [0.15, 0.2) is 6.73 Å². The highest BCUT2D eigenvalue weighted by Crippen LogP contribution is 1.85. The summed E-state index contributed by atoms with van der Waals surface area (Å²) in [5.74, 6) is 0. The standard InChI is InChI=1S/C8H15N2O2.ClH/c1-9-3-4-10(7-9)8-12-6-5-11-2;/h3-4,7H,5-6,8H2,1-2H3;1H/q+1;/p-1. The van der Waals surface area contributed by atoms with Gasteiger partial charge in [0.1, 0.15) is 12.4 Å². The van der Waals surface area contributed by atoms with Crippen LogP contribution in [0.15, 0.2) is 18.7 Å². The molecule has 0 saturated heterocycles. The fourth-order valence-electron chi connectivity index (χ4n) is 0.890. The number of methoxy groups -OCH3 is 1. The lowest BCUT2D eigenvalue weighted by Crippen LogP contribution is -3.00. The number of aryl methyl sites for hydroxylation is 1. The van der Waals surface area contributed by atoms with Gasteiger partial charge in [-0.15, -0.1) is 0 Å². The van der Waals surface area contributed by atoms with Crippen LogP contribution in [0.1, 0.15) is 0 Å². The Morgan fingerprint density at radius 3 is 2.69 bits per heavy atom. The highest BCUT2D eigenvalue weighted by molar-refractivity contribution is 4.63. The van der Waals surface area contributed by atoms with E-state index in [2.05, 4.69) is 0 Å². The van der Waals surface area contributed by atoms with Crippen molar-refractivity contribution in [2.24, 2.45) is 7.05 Å². The van der Waals surface area contributed by atoms with Crippen LogP contribution in [-0.4, -0.2) is 24.9 Å². The second-order valence-electron chi connectivity index (χ2n) is 2.62. The number of aromatic nitrogens is 2. The largest absolute Gasteiger partial charge is 1.00 e. The van der Waals surface area contributed by atoms with Gasteiger partial charge in [0.2, 0.25) is 6.33 Å². The molecule has 13 heavy (non-hydrogen) atoms. The third-order valence-corrected chi connectivity index (χ3v) is 1.50. The molecule has 0 unspecified atom stereocenters. The van der Waals surface area contributed by atoms with E-state index in [1.165, 1.54) is 0 Å². The first-order chi connectivity index (χ1) is 5.83. The van der Waals surface area contributed by atoms with E-state index in [1.54, 1.807) is 7.11 Å². The predicted molar refractivity (Wildman–Crippen MR) is 43.4 cm³/mol. The summed E-state index contributed by atoms with van der Waals surface area (Å²) in [7, 11) is 3.64. The van der Waals surface area contributed by atoms with E-state index >= 15 is 0 Å². The van der Waals surface area contributed by atoms with Gasteiger partial charge in [-0.25, -0.2) is 9.13 Å². The predicted octanol–water partition coefficient (Wildman–Crippen LogP) is -3.06. The number of ether oxygens (including phenoxy) is 2. The second-order valence-corrected chi connectivity index (χ2v) is 2.62. The number of hydrogen-bond donors (Lipinski definition) is 0. The molecule has 0 aromatic carbocycles. The van der Waals surface area contributed by atoms with Gasteiger partial charge in [0.05, 0.1) is 20.3 Å². The zero-order chi connectivity index (χ0) is 8.81. The van der Waals surface area contributed by atoms with E-state index in [-0.39, 0.29) is 12.4 Å². The molecule has 1 aromatic rings. The molecule has 0 amide bonds. The van der Waals surface area contributed by atoms with E-state index in [9.17, 15) is 0 Å². The van der Waals surface area contributed by atoms with E-state index in [0.717, 1.165) is 0 Å². The van der Waals surface area contributed by atoms with Gasteiger partial charge in [0, 0.05) is 7.11 Å². The van der Waals surface area contributed by atoms with Crippen molar-refractivity contribution in [3.05, 3.63) is 18.7 Å². The van der Waals surface area contributed by atoms with Crippen molar-refractivity contribution >= 4 is 0 Å². The molecule has 76 valence electrons. The molecule has 1 rings (SSSR count). The number of halogens is 1. The van der Waals surface area contributed by atoms with Crippen molar-refractivity contribution < 1.29 is 26.4 Å². The summed E-state index contributed by atoms with van der Waals surface area (Å²) in [6.07, 6.45) is 5.90. The van der Waals surface area contributed by atoms with Crippen LogP contribution in [0.2, 0.25) is 0 Å². The van der Waals surface area contributed by atoms with Gasteiger partial charge < -0.3 is 21.9 Å². The van der Waals surface area contributed by atoms with Gasteiger partial charge in [-0.05, 0) is 0 Å². The van der Waals surface area contributed by atoms with Crippen molar-refractivity contribution in [2.75, 3.05) is 20.3 Å². The van der Waals surface area contributed by atoms with Gasteiger partial charge in [-0.1, -0.05) is 0 Å². The van der Waals surface area contributed by atoms with Gasteiger partial charge in [-0.2, -0.15) is 0 Å². The van der Waals surface area contributed by atoms with Gasteiger partial charge in [-0.3, -0.25) is 0 Å². The first kappa shape index (κ1) is 12.4. The molecule has 0 aliphatic rings. The Morgan fingerprint density at radius 2 is 2.15 bits per heavy atom. The maximum absolute atomic E-state index is 5.30. The van der Waals surface area contributed by atoms with E-state index in [1.807, 2.05) is 34.9 Å². The van der Waals surface area contributed by atoms with Crippen molar-refractivity contribution in [1.82, 2.24) is 4.57 Å². The Bertz CT molecular complexity index is 228. The Morgan fingerprint density at radius 1 is 1.38 bits per heavy atom. The van der Waals surface area contributed by atoms with E-state index in [4.69, 9.17) is 9.47 Å². The Labute approximate surface area is 84.5 Å². The third-order valence-electron chi connectivity index (χ3n) is 1.50. The molecule has 0 spiro atoms. The summed E-state index contributed by atoms with van der Waals surface area (Å²) in [4.78, 5) is 0. The number of imidazole rings is 1. The Balaban J connectivity index is 0.00000144. The molecule has 0 saturated carbocycles. The van der Waals surface area contributed by atoms with Crippen LogP contribution >= 0.6 is 0 Å². The molecular weight excluding hydrogens is 192 g/mol. The van der Waals surface area contributed by atoms with Gasteiger partial charge in [0.25, 0.3) is 0 Å². The fraction of sp³-hybridized carbons (Fsp3) is 0.625. The minimum atomic E-state index is 0. The third kappa shape index (κ3) is 4.87.